The molecule has 2 aromatic rings. The summed E-state index contributed by atoms with van der Waals surface area (Å²) in [6.45, 7) is 12.6. The Morgan fingerprint density at radius 2 is 1.95 bits per heavy atom. The molecule has 0 saturated carbocycles. The second-order valence-corrected chi connectivity index (χ2v) is 5.71. The van der Waals surface area contributed by atoms with Gasteiger partial charge in [-0.05, 0) is 63.9 Å². The molecule has 2 aromatic heterocycles. The maximum Gasteiger partial charge on any atom is 0.175 e. The summed E-state index contributed by atoms with van der Waals surface area (Å²) in [6, 6.07) is 3.93. The zero-order valence-electron chi connectivity index (χ0n) is 13.6. The molecule has 2 heterocycles. The maximum absolute atomic E-state index is 4.64. The predicted molar refractivity (Wildman–Crippen MR) is 84.8 cm³/mol. The Morgan fingerprint density at radius 1 is 1.19 bits per heavy atom. The van der Waals surface area contributed by atoms with Crippen LogP contribution in [0.25, 0.3) is 5.82 Å². The van der Waals surface area contributed by atoms with Gasteiger partial charge in [0.1, 0.15) is 0 Å². The maximum atomic E-state index is 4.64. The van der Waals surface area contributed by atoms with E-state index in [4.69, 9.17) is 0 Å². The summed E-state index contributed by atoms with van der Waals surface area (Å²) in [4.78, 5) is 0. The van der Waals surface area contributed by atoms with E-state index in [1.54, 1.807) is 0 Å². The monoisotopic (exact) mass is 287 g/mol. The third-order valence-electron chi connectivity index (χ3n) is 3.74. The first kappa shape index (κ1) is 15.6. The van der Waals surface area contributed by atoms with Crippen molar-refractivity contribution in [3.8, 4) is 5.82 Å². The van der Waals surface area contributed by atoms with E-state index < -0.39 is 0 Å². The highest BCUT2D eigenvalue weighted by Crippen LogP contribution is 2.19. The predicted octanol–water partition coefficient (Wildman–Crippen LogP) is 2.38. The van der Waals surface area contributed by atoms with Gasteiger partial charge in [-0.25, -0.2) is 4.68 Å². The standard InChI is InChI=1S/C16H25N5/c1-6-17-10-11(2)9-15-13(4)20-21(14(15)5)16-8-7-12(3)18-19-16/h7-8,11,17H,6,9-10H2,1-5H3. The second-order valence-electron chi connectivity index (χ2n) is 5.71. The molecular weight excluding hydrogens is 262 g/mol. The van der Waals surface area contributed by atoms with Gasteiger partial charge in [-0.15, -0.1) is 5.10 Å². The van der Waals surface area contributed by atoms with Crippen molar-refractivity contribution in [1.82, 2.24) is 25.3 Å². The first-order chi connectivity index (χ1) is 10.0. The fourth-order valence-electron chi connectivity index (χ4n) is 2.51. The fraction of sp³-hybridized carbons (Fsp3) is 0.562. The lowest BCUT2D eigenvalue weighted by Crippen LogP contribution is -2.22. The summed E-state index contributed by atoms with van der Waals surface area (Å²) >= 11 is 0. The van der Waals surface area contributed by atoms with Crippen LogP contribution in [-0.2, 0) is 6.42 Å². The van der Waals surface area contributed by atoms with E-state index in [-0.39, 0.29) is 0 Å². The molecule has 2 rings (SSSR count). The van der Waals surface area contributed by atoms with Crippen LogP contribution in [0.15, 0.2) is 12.1 Å². The van der Waals surface area contributed by atoms with Crippen LogP contribution in [0.5, 0.6) is 0 Å². The summed E-state index contributed by atoms with van der Waals surface area (Å²) in [6.07, 6.45) is 1.03. The van der Waals surface area contributed by atoms with Crippen LogP contribution in [0.1, 0.15) is 36.5 Å². The Balaban J connectivity index is 2.23. The quantitative estimate of drug-likeness (QED) is 0.886. The van der Waals surface area contributed by atoms with Crippen LogP contribution in [0, 0.1) is 26.7 Å². The van der Waals surface area contributed by atoms with Crippen molar-refractivity contribution >= 4 is 0 Å². The Hall–Kier alpha value is -1.75. The lowest BCUT2D eigenvalue weighted by molar-refractivity contribution is 0.519. The molecule has 0 saturated heterocycles. The van der Waals surface area contributed by atoms with Gasteiger partial charge in [0, 0.05) is 5.69 Å². The van der Waals surface area contributed by atoms with Crippen molar-refractivity contribution < 1.29 is 0 Å². The molecule has 0 aromatic carbocycles. The first-order valence-electron chi connectivity index (χ1n) is 7.59. The van der Waals surface area contributed by atoms with Crippen molar-refractivity contribution in [3.05, 3.63) is 34.8 Å². The molecule has 1 atom stereocenters. The van der Waals surface area contributed by atoms with Crippen LogP contribution >= 0.6 is 0 Å². The van der Waals surface area contributed by atoms with Crippen molar-refractivity contribution in [2.24, 2.45) is 5.92 Å². The highest BCUT2D eigenvalue weighted by molar-refractivity contribution is 5.32. The highest BCUT2D eigenvalue weighted by Gasteiger charge is 2.16. The van der Waals surface area contributed by atoms with Gasteiger partial charge in [-0.3, -0.25) is 0 Å². The summed E-state index contributed by atoms with van der Waals surface area (Å²) in [5.41, 5.74) is 4.48. The molecule has 5 nitrogen and oxygen atoms in total. The van der Waals surface area contributed by atoms with Crippen molar-refractivity contribution in [2.75, 3.05) is 13.1 Å². The van der Waals surface area contributed by atoms with Gasteiger partial charge in [0.15, 0.2) is 5.82 Å². The molecule has 0 aliphatic heterocycles. The molecule has 114 valence electrons. The van der Waals surface area contributed by atoms with Crippen LogP contribution in [0.4, 0.5) is 0 Å². The third kappa shape index (κ3) is 3.67. The molecular formula is C16H25N5. The third-order valence-corrected chi connectivity index (χ3v) is 3.74. The van der Waals surface area contributed by atoms with E-state index in [1.807, 2.05) is 23.7 Å². The number of aryl methyl sites for hydroxylation is 2. The van der Waals surface area contributed by atoms with Crippen LogP contribution in [0.3, 0.4) is 0 Å². The molecule has 21 heavy (non-hydrogen) atoms. The minimum atomic E-state index is 0.587. The molecule has 0 amide bonds. The van der Waals surface area contributed by atoms with Crippen molar-refractivity contribution in [2.45, 2.75) is 41.0 Å². The van der Waals surface area contributed by atoms with Crippen LogP contribution < -0.4 is 5.32 Å². The van der Waals surface area contributed by atoms with Gasteiger partial charge < -0.3 is 5.32 Å². The van der Waals surface area contributed by atoms with Gasteiger partial charge in [0.05, 0.1) is 11.4 Å². The summed E-state index contributed by atoms with van der Waals surface area (Å²) in [5.74, 6) is 1.37. The fourth-order valence-corrected chi connectivity index (χ4v) is 2.51. The van der Waals surface area contributed by atoms with Gasteiger partial charge in [0.2, 0.25) is 0 Å². The van der Waals surface area contributed by atoms with Gasteiger partial charge >= 0.3 is 0 Å². The van der Waals surface area contributed by atoms with Crippen molar-refractivity contribution in [3.63, 3.8) is 0 Å². The zero-order chi connectivity index (χ0) is 15.4. The van der Waals surface area contributed by atoms with Crippen LogP contribution in [-0.4, -0.2) is 33.1 Å². The summed E-state index contributed by atoms with van der Waals surface area (Å²) < 4.78 is 1.90. The molecule has 0 fully saturated rings. The molecule has 0 bridgehead atoms. The van der Waals surface area contributed by atoms with E-state index in [1.165, 1.54) is 5.56 Å². The molecule has 1 unspecified atom stereocenters. The number of nitrogens with one attached hydrogen (secondary N) is 1. The number of hydrogen-bond acceptors (Lipinski definition) is 4. The number of rotatable bonds is 6. The molecule has 0 aliphatic rings. The van der Waals surface area contributed by atoms with Gasteiger partial charge in [0.25, 0.3) is 0 Å². The number of aromatic nitrogens is 4. The zero-order valence-corrected chi connectivity index (χ0v) is 13.6. The SMILES string of the molecule is CCNCC(C)Cc1c(C)nn(-c2ccc(C)nn2)c1C. The number of nitrogens with zero attached hydrogens (tertiary/aromatic N) is 4. The van der Waals surface area contributed by atoms with Gasteiger partial charge in [-0.1, -0.05) is 13.8 Å². The molecule has 5 heteroatoms. The molecule has 0 radical (unpaired) electrons. The van der Waals surface area contributed by atoms with E-state index in [9.17, 15) is 0 Å². The van der Waals surface area contributed by atoms with E-state index in [2.05, 4.69) is 48.3 Å². The Kier molecular flexibility index (Phi) is 5.07. The lowest BCUT2D eigenvalue weighted by atomic mass is 9.99. The van der Waals surface area contributed by atoms with E-state index in [0.717, 1.165) is 42.4 Å². The largest absolute Gasteiger partial charge is 0.317 e. The summed E-state index contributed by atoms with van der Waals surface area (Å²) in [7, 11) is 0. The topological polar surface area (TPSA) is 55.6 Å². The minimum Gasteiger partial charge on any atom is -0.317 e. The average Bonchev–Trinajstić information content (AvgIpc) is 2.74. The van der Waals surface area contributed by atoms with Gasteiger partial charge in [-0.2, -0.15) is 10.2 Å². The smallest absolute Gasteiger partial charge is 0.175 e. The summed E-state index contributed by atoms with van der Waals surface area (Å²) in [5, 5.41) is 16.4. The average molecular weight is 287 g/mol. The highest BCUT2D eigenvalue weighted by atomic mass is 15.3. The van der Waals surface area contributed by atoms with Crippen molar-refractivity contribution in [1.29, 1.82) is 0 Å². The Labute approximate surface area is 126 Å². The first-order valence-corrected chi connectivity index (χ1v) is 7.59. The minimum absolute atomic E-state index is 0.587. The number of hydrogen-bond donors (Lipinski definition) is 1. The second kappa shape index (κ2) is 6.80. The van der Waals surface area contributed by atoms with E-state index in [0.29, 0.717) is 5.92 Å². The van der Waals surface area contributed by atoms with E-state index >= 15 is 0 Å². The normalized spacial score (nSPS) is 12.6. The van der Waals surface area contributed by atoms with Crippen LogP contribution in [0.2, 0.25) is 0 Å². The molecule has 0 spiro atoms. The Morgan fingerprint density at radius 3 is 2.57 bits per heavy atom. The lowest BCUT2D eigenvalue weighted by Gasteiger charge is -2.12. The Bertz CT molecular complexity index is 585. The molecule has 1 N–H and O–H groups in total. The molecule has 0 aliphatic carbocycles.